The summed E-state index contributed by atoms with van der Waals surface area (Å²) < 4.78 is 16.4. The van der Waals surface area contributed by atoms with Gasteiger partial charge in [-0.05, 0) is 63.4 Å². The Labute approximate surface area is 149 Å². The third kappa shape index (κ3) is 5.10. The quantitative estimate of drug-likeness (QED) is 0.735. The van der Waals surface area contributed by atoms with Gasteiger partial charge in [0, 0.05) is 6.54 Å². The van der Waals surface area contributed by atoms with Crippen molar-refractivity contribution in [3.8, 4) is 5.75 Å². The highest BCUT2D eigenvalue weighted by atomic mass is 16.6. The van der Waals surface area contributed by atoms with Crippen LogP contribution in [-0.4, -0.2) is 18.2 Å². The summed E-state index contributed by atoms with van der Waals surface area (Å²) in [5.41, 5.74) is 2.12. The lowest BCUT2D eigenvalue weighted by Gasteiger charge is -2.26. The van der Waals surface area contributed by atoms with Gasteiger partial charge in [0.05, 0.1) is 19.4 Å². The molecule has 2 rings (SSSR count). The number of hydrogen-bond donors (Lipinski definition) is 1. The zero-order chi connectivity index (χ0) is 18.4. The molecule has 0 saturated heterocycles. The Morgan fingerprint density at radius 3 is 2.44 bits per heavy atom. The van der Waals surface area contributed by atoms with Crippen molar-refractivity contribution in [2.75, 3.05) is 6.61 Å². The van der Waals surface area contributed by atoms with Crippen LogP contribution in [0, 0.1) is 13.8 Å². The Morgan fingerprint density at radius 2 is 1.88 bits per heavy atom. The molecule has 0 radical (unpaired) electrons. The van der Waals surface area contributed by atoms with Gasteiger partial charge in [-0.25, -0.2) is 4.79 Å². The maximum atomic E-state index is 12.0. The van der Waals surface area contributed by atoms with Crippen LogP contribution in [0.5, 0.6) is 5.75 Å². The van der Waals surface area contributed by atoms with Crippen molar-refractivity contribution in [2.24, 2.45) is 0 Å². The van der Waals surface area contributed by atoms with Gasteiger partial charge in [-0.1, -0.05) is 12.1 Å². The molecule has 0 spiro atoms. The van der Waals surface area contributed by atoms with Crippen LogP contribution >= 0.6 is 0 Å². The Morgan fingerprint density at radius 1 is 1.20 bits per heavy atom. The van der Waals surface area contributed by atoms with Crippen molar-refractivity contribution in [1.29, 1.82) is 0 Å². The normalized spacial score (nSPS) is 11.4. The molecule has 0 bridgehead atoms. The van der Waals surface area contributed by atoms with E-state index in [1.54, 1.807) is 27.0 Å². The molecule has 2 aromatic rings. The molecule has 5 nitrogen and oxygen atoms in total. The third-order valence-corrected chi connectivity index (χ3v) is 3.85. The number of benzene rings is 1. The Balaban J connectivity index is 2.04. The molecule has 0 saturated carbocycles. The molecule has 25 heavy (non-hydrogen) atoms. The van der Waals surface area contributed by atoms with Crippen molar-refractivity contribution >= 4 is 5.97 Å². The molecule has 0 atom stereocenters. The van der Waals surface area contributed by atoms with E-state index in [1.807, 2.05) is 26.0 Å². The van der Waals surface area contributed by atoms with E-state index in [2.05, 4.69) is 17.4 Å². The fourth-order valence-electron chi connectivity index (χ4n) is 2.65. The van der Waals surface area contributed by atoms with Crippen LogP contribution in [0.4, 0.5) is 0 Å². The van der Waals surface area contributed by atoms with Gasteiger partial charge in [0.15, 0.2) is 5.60 Å². The molecule has 0 aliphatic rings. The minimum absolute atomic E-state index is 0.337. The van der Waals surface area contributed by atoms with Gasteiger partial charge in [0.25, 0.3) is 0 Å². The molecule has 1 aromatic carbocycles. The summed E-state index contributed by atoms with van der Waals surface area (Å²) >= 11 is 0. The number of carbonyl (C=O) groups is 1. The largest absolute Gasteiger partial charge is 0.476 e. The summed E-state index contributed by atoms with van der Waals surface area (Å²) in [5.74, 6) is 1.27. The Hall–Kier alpha value is -2.27. The average Bonchev–Trinajstić information content (AvgIpc) is 3.04. The standard InChI is InChI=1S/C20H27NO4/c1-6-23-19(22)20(4,5)25-18-14(2)10-16(11-15(18)3)12-21-13-17-8-7-9-24-17/h7-11,21H,6,12-13H2,1-5H3. The van der Waals surface area contributed by atoms with Crippen LogP contribution in [0.1, 0.15) is 43.2 Å². The molecule has 136 valence electrons. The van der Waals surface area contributed by atoms with Crippen LogP contribution < -0.4 is 10.1 Å². The number of rotatable bonds is 8. The molecule has 0 fully saturated rings. The van der Waals surface area contributed by atoms with E-state index in [0.717, 1.165) is 34.7 Å². The number of furan rings is 1. The third-order valence-electron chi connectivity index (χ3n) is 3.85. The van der Waals surface area contributed by atoms with Crippen molar-refractivity contribution in [2.45, 2.75) is 53.3 Å². The number of aryl methyl sites for hydroxylation is 2. The Bertz CT molecular complexity index is 681. The SMILES string of the molecule is CCOC(=O)C(C)(C)Oc1c(C)cc(CNCc2ccco2)cc1C. The molecule has 1 N–H and O–H groups in total. The van der Waals surface area contributed by atoms with E-state index in [0.29, 0.717) is 13.2 Å². The number of carbonyl (C=O) groups excluding carboxylic acids is 1. The second-order valence-corrected chi connectivity index (χ2v) is 6.57. The fourth-order valence-corrected chi connectivity index (χ4v) is 2.65. The molecular formula is C20H27NO4. The topological polar surface area (TPSA) is 60.7 Å². The van der Waals surface area contributed by atoms with E-state index in [1.165, 1.54) is 0 Å². The molecule has 5 heteroatoms. The lowest BCUT2D eigenvalue weighted by Crippen LogP contribution is -2.40. The summed E-state index contributed by atoms with van der Waals surface area (Å²) in [6, 6.07) is 7.96. The van der Waals surface area contributed by atoms with Crippen molar-refractivity contribution in [1.82, 2.24) is 5.32 Å². The van der Waals surface area contributed by atoms with E-state index < -0.39 is 5.60 Å². The summed E-state index contributed by atoms with van der Waals surface area (Å²) in [7, 11) is 0. The lowest BCUT2D eigenvalue weighted by atomic mass is 10.0. The molecule has 0 amide bonds. The predicted molar refractivity (Wildman–Crippen MR) is 96.5 cm³/mol. The summed E-state index contributed by atoms with van der Waals surface area (Å²) in [4.78, 5) is 12.0. The van der Waals surface area contributed by atoms with Gasteiger partial charge >= 0.3 is 5.97 Å². The maximum absolute atomic E-state index is 12.0. The fraction of sp³-hybridized carbons (Fsp3) is 0.450. The number of hydrogen-bond acceptors (Lipinski definition) is 5. The lowest BCUT2D eigenvalue weighted by molar-refractivity contribution is -0.158. The Kier molecular flexibility index (Phi) is 6.26. The van der Waals surface area contributed by atoms with Crippen molar-refractivity contribution in [3.63, 3.8) is 0 Å². The molecular weight excluding hydrogens is 318 g/mol. The van der Waals surface area contributed by atoms with Crippen LogP contribution in [0.25, 0.3) is 0 Å². The summed E-state index contributed by atoms with van der Waals surface area (Å²) in [6.07, 6.45) is 1.67. The second-order valence-electron chi connectivity index (χ2n) is 6.57. The minimum Gasteiger partial charge on any atom is -0.476 e. The monoisotopic (exact) mass is 345 g/mol. The van der Waals surface area contributed by atoms with Crippen LogP contribution in [-0.2, 0) is 22.6 Å². The van der Waals surface area contributed by atoms with Gasteiger partial charge in [0.2, 0.25) is 0 Å². The van der Waals surface area contributed by atoms with Crippen LogP contribution in [0.15, 0.2) is 34.9 Å². The van der Waals surface area contributed by atoms with E-state index in [4.69, 9.17) is 13.9 Å². The van der Waals surface area contributed by atoms with Crippen molar-refractivity contribution < 1.29 is 18.7 Å². The van der Waals surface area contributed by atoms with E-state index in [9.17, 15) is 4.79 Å². The van der Waals surface area contributed by atoms with Crippen molar-refractivity contribution in [3.05, 3.63) is 53.0 Å². The molecule has 1 heterocycles. The molecule has 0 unspecified atom stereocenters. The zero-order valence-corrected chi connectivity index (χ0v) is 15.6. The summed E-state index contributed by atoms with van der Waals surface area (Å²) in [5, 5.41) is 3.35. The van der Waals surface area contributed by atoms with Gasteiger partial charge < -0.3 is 19.2 Å². The number of esters is 1. The highest BCUT2D eigenvalue weighted by molar-refractivity contribution is 5.79. The smallest absolute Gasteiger partial charge is 0.349 e. The van der Waals surface area contributed by atoms with E-state index in [-0.39, 0.29) is 5.97 Å². The summed E-state index contributed by atoms with van der Waals surface area (Å²) in [6.45, 7) is 11.0. The van der Waals surface area contributed by atoms with Gasteiger partial charge in [-0.15, -0.1) is 0 Å². The molecule has 0 aliphatic heterocycles. The maximum Gasteiger partial charge on any atom is 0.349 e. The molecule has 1 aromatic heterocycles. The number of nitrogens with one attached hydrogen (secondary N) is 1. The zero-order valence-electron chi connectivity index (χ0n) is 15.6. The average molecular weight is 345 g/mol. The van der Waals surface area contributed by atoms with Crippen LogP contribution in [0.3, 0.4) is 0 Å². The first kappa shape index (κ1) is 19.1. The first-order valence-electron chi connectivity index (χ1n) is 8.53. The molecule has 0 aliphatic carbocycles. The van der Waals surface area contributed by atoms with Gasteiger partial charge in [-0.2, -0.15) is 0 Å². The predicted octanol–water partition coefficient (Wildman–Crippen LogP) is 3.91. The van der Waals surface area contributed by atoms with Gasteiger partial charge in [-0.3, -0.25) is 0 Å². The second kappa shape index (κ2) is 8.21. The van der Waals surface area contributed by atoms with Crippen LogP contribution in [0.2, 0.25) is 0 Å². The first-order chi connectivity index (χ1) is 11.8. The van der Waals surface area contributed by atoms with Gasteiger partial charge in [0.1, 0.15) is 11.5 Å². The minimum atomic E-state index is -1.02. The van der Waals surface area contributed by atoms with E-state index >= 15 is 0 Å². The highest BCUT2D eigenvalue weighted by Crippen LogP contribution is 2.29. The highest BCUT2D eigenvalue weighted by Gasteiger charge is 2.32. The first-order valence-corrected chi connectivity index (χ1v) is 8.53. The number of ether oxygens (including phenoxy) is 2.